The third-order valence-corrected chi connectivity index (χ3v) is 26.6. The van der Waals surface area contributed by atoms with Gasteiger partial charge in [0.05, 0.1) is 0 Å². The van der Waals surface area contributed by atoms with Gasteiger partial charge in [0, 0.05) is 0 Å². The Labute approximate surface area is 197 Å². The van der Waals surface area contributed by atoms with Crippen LogP contribution in [-0.4, -0.2) is 6.88 Å². The van der Waals surface area contributed by atoms with Gasteiger partial charge in [0.15, 0.2) is 0 Å². The Bertz CT molecular complexity index is 1310. The van der Waals surface area contributed by atoms with E-state index >= 15 is 0 Å². The van der Waals surface area contributed by atoms with Crippen molar-refractivity contribution in [3.05, 3.63) is 95.9 Å². The van der Waals surface area contributed by atoms with Gasteiger partial charge in [0.2, 0.25) is 0 Å². The van der Waals surface area contributed by atoms with E-state index in [2.05, 4.69) is 93.2 Å². The van der Waals surface area contributed by atoms with Crippen LogP contribution in [0.3, 0.4) is 0 Å². The molecule has 0 saturated carbocycles. The molecule has 0 heterocycles. The molecule has 0 fully saturated rings. The monoisotopic (exact) mass is 516 g/mol. The Kier molecular flexibility index (Phi) is 5.20. The third-order valence-electron chi connectivity index (χ3n) is 9.19. The van der Waals surface area contributed by atoms with E-state index in [9.17, 15) is 0 Å². The maximum atomic E-state index is 2.75. The number of fused-ring (bicyclic) bond motifs is 2. The summed E-state index contributed by atoms with van der Waals surface area (Å²) in [6.45, 7) is 14.6. The van der Waals surface area contributed by atoms with Gasteiger partial charge in [-0.25, -0.2) is 0 Å². The zero-order valence-electron chi connectivity index (χ0n) is 21.0. The molecular weight excluding hydrogens is 480 g/mol. The standard InChI is InChI=1S/C19H17.C9H13.2CH3.H2Si.Zr/c1-13-10-17-11-15-8-5-9-16(15)12-18(17)19(13)14-6-3-2-4-7-14;1-6-5-7(2)9(4)8(6)3;;;;/h2-4,6-7,10-12H,5,8-9H2,1H3;6H,1-4H3;2*1H3;1H2;. The predicted molar refractivity (Wildman–Crippen MR) is 140 cm³/mol. The van der Waals surface area contributed by atoms with Gasteiger partial charge in [-0.15, -0.1) is 0 Å². The number of benzene rings is 2. The van der Waals surface area contributed by atoms with Crippen LogP contribution in [0.5, 0.6) is 0 Å². The van der Waals surface area contributed by atoms with Gasteiger partial charge in [-0.2, -0.15) is 0 Å². The van der Waals surface area contributed by atoms with Crippen LogP contribution >= 0.6 is 0 Å². The van der Waals surface area contributed by atoms with E-state index in [0.717, 1.165) is 0 Å². The van der Waals surface area contributed by atoms with Gasteiger partial charge in [-0.3, -0.25) is 0 Å². The van der Waals surface area contributed by atoms with E-state index in [1.807, 2.05) is 3.28 Å². The van der Waals surface area contributed by atoms with Gasteiger partial charge in [0.25, 0.3) is 0 Å². The molecule has 0 saturated heterocycles. The third kappa shape index (κ3) is 3.08. The summed E-state index contributed by atoms with van der Waals surface area (Å²) >= 11 is -3.41. The molecule has 0 aromatic heterocycles. The average molecular weight is 518 g/mol. The van der Waals surface area contributed by atoms with Crippen molar-refractivity contribution in [2.75, 3.05) is 0 Å². The van der Waals surface area contributed by atoms with Crippen molar-refractivity contribution in [2.24, 2.45) is 5.92 Å². The fraction of sp³-hybridized carbons (Fsp3) is 0.400. The zero-order valence-corrected chi connectivity index (χ0v) is 24.9. The number of hydrogen-bond acceptors (Lipinski definition) is 0. The first-order valence-corrected chi connectivity index (χ1v) is 25.9. The Hall–Kier alpha value is -1.24. The minimum atomic E-state index is -3.41. The Morgan fingerprint density at radius 3 is 2.06 bits per heavy atom. The summed E-state index contributed by atoms with van der Waals surface area (Å²) in [6, 6.07) is 16.4. The summed E-state index contributed by atoms with van der Waals surface area (Å²) in [7, 11) is 0. The summed E-state index contributed by atoms with van der Waals surface area (Å²) in [5.74, 6) is 0.597. The normalized spacial score (nSPS) is 23.4. The molecule has 0 bridgehead atoms. The van der Waals surface area contributed by atoms with E-state index in [1.165, 1.54) is 30.4 Å². The SMILES string of the molecule is CC1=C(C)C(C)[C]([Zr]([CH3])([CH3])(=[SiH2])[CH]2C(C)=C(c3ccccc3)c3cc4c(cc32)CCC4)=C1C. The van der Waals surface area contributed by atoms with Crippen molar-refractivity contribution in [1.29, 1.82) is 0 Å². The van der Waals surface area contributed by atoms with Crippen LogP contribution in [-0.2, 0) is 30.2 Å². The first-order valence-electron chi connectivity index (χ1n) is 12.4. The minimum absolute atomic E-state index is 0.594. The molecule has 0 nitrogen and oxygen atoms in total. The van der Waals surface area contributed by atoms with E-state index in [0.29, 0.717) is 9.54 Å². The summed E-state index contributed by atoms with van der Waals surface area (Å²) in [6.07, 6.45) is 3.83. The fourth-order valence-corrected chi connectivity index (χ4v) is 29.3. The van der Waals surface area contributed by atoms with Crippen LogP contribution in [0.4, 0.5) is 0 Å². The number of allylic oxidation sites excluding steroid dienone is 5. The Morgan fingerprint density at radius 1 is 0.844 bits per heavy atom. The number of hydrogen-bond donors (Lipinski definition) is 0. The van der Waals surface area contributed by atoms with E-state index in [4.69, 9.17) is 0 Å². The second-order valence-electron chi connectivity index (χ2n) is 11.8. The molecule has 2 aromatic rings. The van der Waals surface area contributed by atoms with Crippen molar-refractivity contribution < 1.29 is 17.4 Å². The van der Waals surface area contributed by atoms with Gasteiger partial charge in [0.1, 0.15) is 0 Å². The summed E-state index contributed by atoms with van der Waals surface area (Å²) in [5.41, 5.74) is 15.8. The molecule has 166 valence electrons. The van der Waals surface area contributed by atoms with Crippen molar-refractivity contribution in [3.8, 4) is 0 Å². The molecule has 2 heteroatoms. The van der Waals surface area contributed by atoms with Crippen LogP contribution in [0, 0.1) is 5.92 Å². The molecule has 32 heavy (non-hydrogen) atoms. The van der Waals surface area contributed by atoms with Gasteiger partial charge < -0.3 is 0 Å². The second-order valence-corrected chi connectivity index (χ2v) is 41.2. The molecule has 0 N–H and O–H groups in total. The molecule has 0 spiro atoms. The summed E-state index contributed by atoms with van der Waals surface area (Å²) < 4.78 is 7.95. The van der Waals surface area contributed by atoms with Crippen molar-refractivity contribution in [3.63, 3.8) is 0 Å². The first-order chi connectivity index (χ1) is 15.0. The first kappa shape index (κ1) is 22.5. The molecule has 0 aliphatic heterocycles. The van der Waals surface area contributed by atoms with E-state index in [1.54, 1.807) is 44.5 Å². The van der Waals surface area contributed by atoms with Crippen molar-refractivity contribution in [1.82, 2.24) is 0 Å². The Morgan fingerprint density at radius 2 is 1.47 bits per heavy atom. The van der Waals surface area contributed by atoms with Crippen molar-refractivity contribution in [2.45, 2.75) is 66.8 Å². The average Bonchev–Trinajstić information content (AvgIpc) is 3.36. The van der Waals surface area contributed by atoms with Crippen molar-refractivity contribution >= 4 is 12.5 Å². The molecule has 2 unspecified atom stereocenters. The molecule has 0 radical (unpaired) electrons. The van der Waals surface area contributed by atoms with Crippen LogP contribution < -0.4 is 0 Å². The second kappa shape index (κ2) is 7.38. The van der Waals surface area contributed by atoms with Crippen LogP contribution in [0.25, 0.3) is 5.57 Å². The molecular formula is C30H38SiZr. The topological polar surface area (TPSA) is 0 Å². The molecule has 2 aromatic carbocycles. The molecule has 2 atom stereocenters. The summed E-state index contributed by atoms with van der Waals surface area (Å²) in [4.78, 5) is 0. The Balaban J connectivity index is 1.80. The quantitative estimate of drug-likeness (QED) is 0.367. The van der Waals surface area contributed by atoms with Crippen LogP contribution in [0.15, 0.2) is 68.0 Å². The fourth-order valence-electron chi connectivity index (χ4n) is 7.72. The van der Waals surface area contributed by atoms with E-state index < -0.39 is 17.4 Å². The number of rotatable bonds is 3. The maximum absolute atomic E-state index is 3.41. The van der Waals surface area contributed by atoms with E-state index in [-0.39, 0.29) is 0 Å². The zero-order chi connectivity index (χ0) is 23.0. The van der Waals surface area contributed by atoms with Gasteiger partial charge in [-0.05, 0) is 0 Å². The molecule has 0 amide bonds. The van der Waals surface area contributed by atoms with Gasteiger partial charge >= 0.3 is 198 Å². The molecule has 5 rings (SSSR count). The predicted octanol–water partition coefficient (Wildman–Crippen LogP) is 7.65. The van der Waals surface area contributed by atoms with Crippen LogP contribution in [0.2, 0.25) is 9.26 Å². The molecule has 3 aliphatic carbocycles. The molecule has 3 aliphatic rings. The number of aryl methyl sites for hydroxylation is 2. The summed E-state index contributed by atoms with van der Waals surface area (Å²) in [5, 5.41) is 0. The van der Waals surface area contributed by atoms with Gasteiger partial charge in [-0.1, -0.05) is 0 Å². The van der Waals surface area contributed by atoms with Crippen LogP contribution in [0.1, 0.15) is 72.5 Å².